The summed E-state index contributed by atoms with van der Waals surface area (Å²) in [7, 11) is -3.53. The quantitative estimate of drug-likeness (QED) is 0.501. The molecule has 184 valence electrons. The first-order valence-electron chi connectivity index (χ1n) is 11.7. The third-order valence-electron chi connectivity index (χ3n) is 6.99. The van der Waals surface area contributed by atoms with E-state index in [1.54, 1.807) is 30.3 Å². The highest BCUT2D eigenvalue weighted by Crippen LogP contribution is 2.51. The lowest BCUT2D eigenvalue weighted by Gasteiger charge is -2.26. The fraction of sp³-hybridized carbons (Fsp3) is 0.308. The summed E-state index contributed by atoms with van der Waals surface area (Å²) in [5, 5.41) is 2.96. The van der Waals surface area contributed by atoms with Crippen LogP contribution in [-0.2, 0) is 20.2 Å². The molecule has 2 aliphatic carbocycles. The van der Waals surface area contributed by atoms with Crippen LogP contribution in [0, 0.1) is 0 Å². The normalized spacial score (nSPS) is 18.1. The van der Waals surface area contributed by atoms with Crippen LogP contribution in [0.25, 0.3) is 11.3 Å². The Balaban J connectivity index is 0.00000160. The third-order valence-corrected chi connectivity index (χ3v) is 8.52. The number of pyridine rings is 1. The number of benzene rings is 2. The molecule has 2 N–H and O–H groups in total. The molecule has 2 saturated carbocycles. The zero-order valence-corrected chi connectivity index (χ0v) is 19.8. The molecule has 2 fully saturated rings. The SMILES string of the molecule is O=C(Nc1cccc(-c2ccc(S(=O)(=O)NC3CCC3)cc2)n1)C1(c2ccc3c(c2)OCO3)CC1.[HH].[HH]. The van der Waals surface area contributed by atoms with Gasteiger partial charge in [0, 0.05) is 14.5 Å². The van der Waals surface area contributed by atoms with Crippen molar-refractivity contribution in [2.75, 3.05) is 12.1 Å². The van der Waals surface area contributed by atoms with Gasteiger partial charge in [0.2, 0.25) is 22.7 Å². The van der Waals surface area contributed by atoms with Gasteiger partial charge in [-0.25, -0.2) is 18.1 Å². The number of aromatic nitrogens is 1. The fourth-order valence-corrected chi connectivity index (χ4v) is 5.79. The molecule has 0 unspecified atom stereocenters. The molecular formula is C26H29N3O5S. The van der Waals surface area contributed by atoms with Gasteiger partial charge in [-0.1, -0.05) is 30.7 Å². The first-order chi connectivity index (χ1) is 16.9. The molecule has 0 spiro atoms. The van der Waals surface area contributed by atoms with Gasteiger partial charge in [0.25, 0.3) is 0 Å². The van der Waals surface area contributed by atoms with Gasteiger partial charge in [0.1, 0.15) is 5.82 Å². The molecule has 1 aromatic heterocycles. The summed E-state index contributed by atoms with van der Waals surface area (Å²) in [6.07, 6.45) is 4.33. The topological polar surface area (TPSA) is 107 Å². The Kier molecular flexibility index (Phi) is 5.26. The smallest absolute Gasteiger partial charge is 0.240 e. The van der Waals surface area contributed by atoms with Gasteiger partial charge in [-0.05, 0) is 67.6 Å². The van der Waals surface area contributed by atoms with E-state index in [9.17, 15) is 13.2 Å². The molecule has 9 heteroatoms. The molecule has 0 saturated heterocycles. The highest BCUT2D eigenvalue weighted by molar-refractivity contribution is 7.89. The number of nitrogens with zero attached hydrogens (tertiary/aromatic N) is 1. The van der Waals surface area contributed by atoms with Crippen molar-refractivity contribution < 1.29 is 25.5 Å². The molecular weight excluding hydrogens is 466 g/mol. The summed E-state index contributed by atoms with van der Waals surface area (Å²) >= 11 is 0. The summed E-state index contributed by atoms with van der Waals surface area (Å²) in [5.74, 6) is 1.69. The van der Waals surface area contributed by atoms with Crippen molar-refractivity contribution in [1.82, 2.24) is 9.71 Å². The van der Waals surface area contributed by atoms with E-state index in [-0.39, 0.29) is 26.5 Å². The molecule has 0 radical (unpaired) electrons. The Morgan fingerprint density at radius 3 is 2.49 bits per heavy atom. The number of carbonyl (C=O) groups excluding carboxylic acids is 1. The fourth-order valence-electron chi connectivity index (χ4n) is 4.49. The molecule has 0 atom stereocenters. The second-order valence-corrected chi connectivity index (χ2v) is 11.0. The lowest BCUT2D eigenvalue weighted by molar-refractivity contribution is -0.118. The van der Waals surface area contributed by atoms with Crippen LogP contribution in [0.2, 0.25) is 0 Å². The number of amides is 1. The molecule has 1 aliphatic heterocycles. The minimum Gasteiger partial charge on any atom is -0.454 e. The zero-order valence-electron chi connectivity index (χ0n) is 19.0. The minimum absolute atomic E-state index is 0. The monoisotopic (exact) mass is 495 g/mol. The van der Waals surface area contributed by atoms with Gasteiger partial charge >= 0.3 is 0 Å². The van der Waals surface area contributed by atoms with Crippen LogP contribution >= 0.6 is 0 Å². The molecule has 3 aromatic rings. The van der Waals surface area contributed by atoms with Crippen molar-refractivity contribution in [2.24, 2.45) is 0 Å². The Labute approximate surface area is 206 Å². The zero-order chi connectivity index (χ0) is 24.0. The summed E-state index contributed by atoms with van der Waals surface area (Å²) in [6, 6.07) is 17.7. The second kappa shape index (κ2) is 8.35. The average molecular weight is 496 g/mol. The van der Waals surface area contributed by atoms with E-state index < -0.39 is 15.4 Å². The molecule has 2 heterocycles. The standard InChI is InChI=1S/C26H25N3O5S.2H2/c30-25(26(13-14-26)18-9-12-22-23(15-18)34-16-33-22)28-24-6-2-5-21(27-24)17-7-10-20(11-8-17)35(31,32)29-19-3-1-4-19;;/h2,5-12,15,19,29H,1,3-4,13-14,16H2,(H,27,28,30);2*1H. The number of fused-ring (bicyclic) bond motifs is 1. The summed E-state index contributed by atoms with van der Waals surface area (Å²) < 4.78 is 38.7. The van der Waals surface area contributed by atoms with E-state index in [2.05, 4.69) is 15.0 Å². The number of hydrogen-bond acceptors (Lipinski definition) is 6. The predicted octanol–water partition coefficient (Wildman–Crippen LogP) is 4.47. The molecule has 1 amide bonds. The molecule has 8 nitrogen and oxygen atoms in total. The molecule has 35 heavy (non-hydrogen) atoms. The van der Waals surface area contributed by atoms with E-state index >= 15 is 0 Å². The lowest BCUT2D eigenvalue weighted by atomic mass is 9.94. The highest BCUT2D eigenvalue weighted by atomic mass is 32.2. The van der Waals surface area contributed by atoms with E-state index in [1.165, 1.54) is 0 Å². The van der Waals surface area contributed by atoms with Crippen LogP contribution < -0.4 is 19.5 Å². The van der Waals surface area contributed by atoms with E-state index in [4.69, 9.17) is 9.47 Å². The largest absolute Gasteiger partial charge is 0.454 e. The summed E-state index contributed by atoms with van der Waals surface area (Å²) in [4.78, 5) is 18.1. The van der Waals surface area contributed by atoms with Crippen molar-refractivity contribution in [3.05, 3.63) is 66.2 Å². The Morgan fingerprint density at radius 2 is 1.77 bits per heavy atom. The van der Waals surface area contributed by atoms with Crippen LogP contribution in [0.4, 0.5) is 5.82 Å². The van der Waals surface area contributed by atoms with Crippen molar-refractivity contribution in [3.8, 4) is 22.8 Å². The first-order valence-corrected chi connectivity index (χ1v) is 13.2. The van der Waals surface area contributed by atoms with Gasteiger partial charge in [-0.15, -0.1) is 0 Å². The van der Waals surface area contributed by atoms with Gasteiger partial charge in [-0.3, -0.25) is 4.79 Å². The maximum absolute atomic E-state index is 13.2. The van der Waals surface area contributed by atoms with Crippen LogP contribution in [0.1, 0.15) is 40.5 Å². The van der Waals surface area contributed by atoms with Crippen LogP contribution in [0.5, 0.6) is 11.5 Å². The number of rotatable bonds is 7. The average Bonchev–Trinajstić information content (AvgIpc) is 3.53. The maximum atomic E-state index is 13.2. The van der Waals surface area contributed by atoms with Crippen LogP contribution in [-0.4, -0.2) is 32.1 Å². The lowest BCUT2D eigenvalue weighted by Crippen LogP contribution is -2.39. The van der Waals surface area contributed by atoms with Gasteiger partial charge < -0.3 is 14.8 Å². The maximum Gasteiger partial charge on any atom is 0.240 e. The Hall–Kier alpha value is -3.43. The van der Waals surface area contributed by atoms with Crippen molar-refractivity contribution in [2.45, 2.75) is 48.5 Å². The van der Waals surface area contributed by atoms with E-state index in [1.807, 2.05) is 30.3 Å². The molecule has 6 rings (SSSR count). The first kappa shape index (κ1) is 22.1. The number of anilines is 1. The Bertz CT molecular complexity index is 1410. The number of carbonyl (C=O) groups is 1. The highest BCUT2D eigenvalue weighted by Gasteiger charge is 2.51. The number of sulfonamides is 1. The summed E-state index contributed by atoms with van der Waals surface area (Å²) in [6.45, 7) is 0.193. The molecule has 0 bridgehead atoms. The van der Waals surface area contributed by atoms with Crippen LogP contribution in [0.3, 0.4) is 0 Å². The number of ether oxygens (including phenoxy) is 2. The van der Waals surface area contributed by atoms with Crippen molar-refractivity contribution >= 4 is 21.7 Å². The van der Waals surface area contributed by atoms with Crippen molar-refractivity contribution in [3.63, 3.8) is 0 Å². The second-order valence-electron chi connectivity index (χ2n) is 9.29. The van der Waals surface area contributed by atoms with E-state index in [0.29, 0.717) is 23.0 Å². The third kappa shape index (κ3) is 4.15. The molecule has 2 aromatic carbocycles. The van der Waals surface area contributed by atoms with Gasteiger partial charge in [0.15, 0.2) is 11.5 Å². The number of hydrogen-bond donors (Lipinski definition) is 2. The number of nitrogens with one attached hydrogen (secondary N) is 2. The van der Waals surface area contributed by atoms with Crippen LogP contribution in [0.15, 0.2) is 65.6 Å². The van der Waals surface area contributed by atoms with E-state index in [0.717, 1.165) is 43.2 Å². The summed E-state index contributed by atoms with van der Waals surface area (Å²) in [5.41, 5.74) is 1.72. The van der Waals surface area contributed by atoms with Gasteiger partial charge in [0.05, 0.1) is 16.0 Å². The predicted molar refractivity (Wildman–Crippen MR) is 134 cm³/mol. The van der Waals surface area contributed by atoms with Gasteiger partial charge in [-0.2, -0.15) is 0 Å². The van der Waals surface area contributed by atoms with Crippen molar-refractivity contribution in [1.29, 1.82) is 0 Å². The molecule has 3 aliphatic rings. The minimum atomic E-state index is -3.53. The Morgan fingerprint density at radius 1 is 1.00 bits per heavy atom.